The Kier molecular flexibility index (Phi) is 7.13. The zero-order chi connectivity index (χ0) is 20.1. The first-order chi connectivity index (χ1) is 12.7. The van der Waals surface area contributed by atoms with Crippen molar-refractivity contribution in [1.29, 1.82) is 0 Å². The van der Waals surface area contributed by atoms with E-state index in [4.69, 9.17) is 4.74 Å². The Morgan fingerprint density at radius 1 is 1.00 bits per heavy atom. The highest BCUT2D eigenvalue weighted by Crippen LogP contribution is 2.19. The van der Waals surface area contributed by atoms with Crippen molar-refractivity contribution in [2.45, 2.75) is 52.6 Å². The summed E-state index contributed by atoms with van der Waals surface area (Å²) in [5.41, 5.74) is 6.28. The van der Waals surface area contributed by atoms with Crippen LogP contribution < -0.4 is 0 Å². The van der Waals surface area contributed by atoms with E-state index in [9.17, 15) is 9.59 Å². The Hall–Kier alpha value is -2.21. The van der Waals surface area contributed by atoms with Crippen LogP contribution in [0.1, 0.15) is 50.4 Å². The summed E-state index contributed by atoms with van der Waals surface area (Å²) in [5.74, 6) is -0.558. The number of thioether (sulfide) groups is 1. The number of aryl methyl sites for hydroxylation is 5. The number of nitrogens with zero attached hydrogens (tertiary/aromatic N) is 2. The summed E-state index contributed by atoms with van der Waals surface area (Å²) < 4.78 is 5.21. The van der Waals surface area contributed by atoms with E-state index in [2.05, 4.69) is 9.97 Å². The van der Waals surface area contributed by atoms with Crippen LogP contribution in [0.5, 0.6) is 0 Å². The summed E-state index contributed by atoms with van der Waals surface area (Å²) in [5, 5.41) is 0.728. The molecular weight excluding hydrogens is 360 g/mol. The van der Waals surface area contributed by atoms with E-state index < -0.39 is 5.97 Å². The highest BCUT2D eigenvalue weighted by atomic mass is 32.2. The van der Waals surface area contributed by atoms with Gasteiger partial charge in [0.05, 0.1) is 0 Å². The van der Waals surface area contributed by atoms with Gasteiger partial charge >= 0.3 is 5.97 Å². The lowest BCUT2D eigenvalue weighted by molar-refractivity contribution is -0.142. The van der Waals surface area contributed by atoms with Gasteiger partial charge in [-0.2, -0.15) is 0 Å². The number of benzene rings is 1. The van der Waals surface area contributed by atoms with Crippen molar-refractivity contribution < 1.29 is 14.3 Å². The smallest absolute Gasteiger partial charge is 0.306 e. The molecule has 1 aromatic carbocycles. The summed E-state index contributed by atoms with van der Waals surface area (Å²) in [4.78, 5) is 33.4. The molecule has 0 spiro atoms. The number of carbonyl (C=O) groups is 2. The molecule has 6 heteroatoms. The van der Waals surface area contributed by atoms with Gasteiger partial charge in [0.2, 0.25) is 5.78 Å². The second-order valence-electron chi connectivity index (χ2n) is 6.72. The monoisotopic (exact) mass is 386 g/mol. The first kappa shape index (κ1) is 21.1. The third-order valence-electron chi connectivity index (χ3n) is 4.48. The highest BCUT2D eigenvalue weighted by Gasteiger charge is 2.16. The molecule has 0 aliphatic rings. The number of hydrogen-bond donors (Lipinski definition) is 0. The SMILES string of the molecule is CSc1nc(C)c(CCC(=O)OCC(=O)c2c(C)cc(C)cc2C)c(C)n1. The molecule has 2 aromatic rings. The summed E-state index contributed by atoms with van der Waals surface area (Å²) in [6.45, 7) is 9.40. The van der Waals surface area contributed by atoms with Gasteiger partial charge in [0.25, 0.3) is 0 Å². The van der Waals surface area contributed by atoms with Gasteiger partial charge in [-0.15, -0.1) is 0 Å². The maximum Gasteiger partial charge on any atom is 0.306 e. The number of Topliss-reactive ketones (excluding diaryl/α,β-unsaturated/α-hetero) is 1. The predicted molar refractivity (Wildman–Crippen MR) is 108 cm³/mol. The van der Waals surface area contributed by atoms with Crippen LogP contribution in [-0.2, 0) is 16.0 Å². The van der Waals surface area contributed by atoms with Gasteiger partial charge < -0.3 is 4.74 Å². The van der Waals surface area contributed by atoms with Crippen molar-refractivity contribution in [3.8, 4) is 0 Å². The second-order valence-corrected chi connectivity index (χ2v) is 7.49. The van der Waals surface area contributed by atoms with E-state index in [1.807, 2.05) is 53.0 Å². The molecule has 0 N–H and O–H groups in total. The van der Waals surface area contributed by atoms with Crippen molar-refractivity contribution in [3.05, 3.63) is 51.3 Å². The summed E-state index contributed by atoms with van der Waals surface area (Å²) in [6, 6.07) is 3.93. The Labute approximate surface area is 165 Å². The average Bonchev–Trinajstić information content (AvgIpc) is 2.58. The molecule has 5 nitrogen and oxygen atoms in total. The molecule has 0 aliphatic heterocycles. The summed E-state index contributed by atoms with van der Waals surface area (Å²) >= 11 is 1.49. The van der Waals surface area contributed by atoms with E-state index >= 15 is 0 Å². The van der Waals surface area contributed by atoms with Crippen LogP contribution in [-0.4, -0.2) is 34.6 Å². The third kappa shape index (κ3) is 5.39. The molecule has 0 saturated carbocycles. The Bertz CT molecular complexity index is 832. The van der Waals surface area contributed by atoms with E-state index in [-0.39, 0.29) is 18.8 Å². The van der Waals surface area contributed by atoms with Crippen LogP contribution in [0.3, 0.4) is 0 Å². The number of hydrogen-bond acceptors (Lipinski definition) is 6. The van der Waals surface area contributed by atoms with Gasteiger partial charge in [0.15, 0.2) is 11.8 Å². The first-order valence-electron chi connectivity index (χ1n) is 8.87. The fraction of sp³-hybridized carbons (Fsp3) is 0.429. The van der Waals surface area contributed by atoms with Crippen molar-refractivity contribution in [2.24, 2.45) is 0 Å². The maximum atomic E-state index is 12.5. The average molecular weight is 387 g/mol. The van der Waals surface area contributed by atoms with Gasteiger partial charge in [-0.1, -0.05) is 29.5 Å². The van der Waals surface area contributed by atoms with Crippen molar-refractivity contribution >= 4 is 23.5 Å². The largest absolute Gasteiger partial charge is 0.457 e. The molecule has 0 atom stereocenters. The molecule has 1 heterocycles. The molecule has 0 radical (unpaired) electrons. The molecule has 0 amide bonds. The number of esters is 1. The standard InChI is InChI=1S/C21H26N2O3S/c1-12-9-13(2)20(14(3)10-12)18(24)11-26-19(25)8-7-17-15(4)22-21(27-6)23-16(17)5/h9-10H,7-8,11H2,1-6H3. The minimum atomic E-state index is -0.390. The topological polar surface area (TPSA) is 69.2 Å². The number of ketones is 1. The number of ether oxygens (including phenoxy) is 1. The number of carbonyl (C=O) groups excluding carboxylic acids is 2. The molecule has 0 fully saturated rings. The number of rotatable bonds is 7. The van der Waals surface area contributed by atoms with Gasteiger partial charge in [0, 0.05) is 23.4 Å². The third-order valence-corrected chi connectivity index (χ3v) is 5.03. The Balaban J connectivity index is 1.95. The van der Waals surface area contributed by atoms with Crippen LogP contribution in [0.15, 0.2) is 17.3 Å². The van der Waals surface area contributed by atoms with Crippen molar-refractivity contribution in [2.75, 3.05) is 12.9 Å². The van der Waals surface area contributed by atoms with Gasteiger partial charge in [-0.3, -0.25) is 9.59 Å². The fourth-order valence-corrected chi connectivity index (χ4v) is 3.76. The summed E-state index contributed by atoms with van der Waals surface area (Å²) in [6.07, 6.45) is 2.63. The quantitative estimate of drug-likeness (QED) is 0.309. The molecule has 0 unspecified atom stereocenters. The predicted octanol–water partition coefficient (Wildman–Crippen LogP) is 4.10. The lowest BCUT2D eigenvalue weighted by Crippen LogP contribution is -2.17. The molecular formula is C21H26N2O3S. The number of aromatic nitrogens is 2. The molecule has 2 rings (SSSR count). The molecule has 144 valence electrons. The lowest BCUT2D eigenvalue weighted by atomic mass is 9.97. The van der Waals surface area contributed by atoms with E-state index in [1.165, 1.54) is 11.8 Å². The fourth-order valence-electron chi connectivity index (χ4n) is 3.30. The van der Waals surface area contributed by atoms with Gasteiger partial charge in [-0.05, 0) is 64.0 Å². The molecule has 27 heavy (non-hydrogen) atoms. The zero-order valence-corrected chi connectivity index (χ0v) is 17.6. The minimum absolute atomic E-state index is 0.168. The van der Waals surface area contributed by atoms with Crippen LogP contribution >= 0.6 is 11.8 Å². The van der Waals surface area contributed by atoms with Gasteiger partial charge in [-0.25, -0.2) is 9.97 Å². The van der Waals surface area contributed by atoms with Crippen LogP contribution in [0, 0.1) is 34.6 Å². The highest BCUT2D eigenvalue weighted by molar-refractivity contribution is 7.98. The second kappa shape index (κ2) is 9.13. The molecule has 0 saturated heterocycles. The van der Waals surface area contributed by atoms with E-state index in [1.54, 1.807) is 0 Å². The molecule has 0 aliphatic carbocycles. The lowest BCUT2D eigenvalue weighted by Gasteiger charge is -2.12. The van der Waals surface area contributed by atoms with Crippen LogP contribution in [0.4, 0.5) is 0 Å². The van der Waals surface area contributed by atoms with Gasteiger partial charge in [0.1, 0.15) is 0 Å². The van der Waals surface area contributed by atoms with E-state index in [0.29, 0.717) is 12.0 Å². The normalized spacial score (nSPS) is 10.7. The van der Waals surface area contributed by atoms with Crippen LogP contribution in [0.2, 0.25) is 0 Å². The Morgan fingerprint density at radius 3 is 2.07 bits per heavy atom. The van der Waals surface area contributed by atoms with E-state index in [0.717, 1.165) is 38.8 Å². The van der Waals surface area contributed by atoms with Crippen molar-refractivity contribution in [1.82, 2.24) is 9.97 Å². The minimum Gasteiger partial charge on any atom is -0.457 e. The molecule has 0 bridgehead atoms. The summed E-state index contributed by atoms with van der Waals surface area (Å²) in [7, 11) is 0. The van der Waals surface area contributed by atoms with Crippen molar-refractivity contribution in [3.63, 3.8) is 0 Å². The Morgan fingerprint density at radius 2 is 1.56 bits per heavy atom. The maximum absolute atomic E-state index is 12.5. The zero-order valence-electron chi connectivity index (χ0n) is 16.8. The van der Waals surface area contributed by atoms with Crippen LogP contribution in [0.25, 0.3) is 0 Å². The molecule has 1 aromatic heterocycles. The first-order valence-corrected chi connectivity index (χ1v) is 10.1.